The predicted octanol–water partition coefficient (Wildman–Crippen LogP) is 3.23. The highest BCUT2D eigenvalue weighted by molar-refractivity contribution is 5.76. The van der Waals surface area contributed by atoms with Crippen LogP contribution in [0.3, 0.4) is 0 Å². The molecule has 1 aromatic carbocycles. The van der Waals surface area contributed by atoms with Gasteiger partial charge in [0, 0.05) is 56.5 Å². The minimum Gasteiger partial charge on any atom is -0.497 e. The fourth-order valence-corrected chi connectivity index (χ4v) is 3.93. The molecule has 2 aromatic heterocycles. The molecule has 0 saturated heterocycles. The lowest BCUT2D eigenvalue weighted by molar-refractivity contribution is -0.132. The third-order valence-electron chi connectivity index (χ3n) is 5.71. The Kier molecular flexibility index (Phi) is 6.21. The van der Waals surface area contributed by atoms with Crippen molar-refractivity contribution in [3.8, 4) is 11.6 Å². The lowest BCUT2D eigenvalue weighted by atomic mass is 10.0. The van der Waals surface area contributed by atoms with E-state index in [4.69, 9.17) is 9.47 Å². The second-order valence-corrected chi connectivity index (χ2v) is 7.87. The number of amides is 1. The summed E-state index contributed by atoms with van der Waals surface area (Å²) in [5.74, 6) is 1.58. The summed E-state index contributed by atoms with van der Waals surface area (Å²) in [7, 11) is 3.60. The number of hydrogen-bond donors (Lipinski definition) is 0. The third kappa shape index (κ3) is 4.87. The summed E-state index contributed by atoms with van der Waals surface area (Å²) in [6.07, 6.45) is 3.74. The van der Waals surface area contributed by atoms with Crippen LogP contribution >= 0.6 is 0 Å². The van der Waals surface area contributed by atoms with Gasteiger partial charge in [0.25, 0.3) is 0 Å². The van der Waals surface area contributed by atoms with Crippen molar-refractivity contribution in [1.82, 2.24) is 19.7 Å². The summed E-state index contributed by atoms with van der Waals surface area (Å²) in [5.41, 5.74) is 5.37. The third-order valence-corrected chi connectivity index (χ3v) is 5.71. The van der Waals surface area contributed by atoms with Crippen LogP contribution in [-0.2, 0) is 37.8 Å². The summed E-state index contributed by atoms with van der Waals surface area (Å²) >= 11 is 0. The Morgan fingerprint density at radius 2 is 2.00 bits per heavy atom. The number of pyridine rings is 1. The van der Waals surface area contributed by atoms with E-state index in [1.54, 1.807) is 13.3 Å². The van der Waals surface area contributed by atoms with E-state index in [0.717, 1.165) is 34.6 Å². The first-order chi connectivity index (χ1) is 15.0. The van der Waals surface area contributed by atoms with Gasteiger partial charge < -0.3 is 14.4 Å². The molecule has 0 fully saturated rings. The number of carbonyl (C=O) groups is 1. The maximum Gasteiger partial charge on any atom is 0.223 e. The van der Waals surface area contributed by atoms with Crippen LogP contribution in [0.15, 0.2) is 42.6 Å². The zero-order valence-electron chi connectivity index (χ0n) is 18.3. The zero-order chi connectivity index (χ0) is 21.8. The number of ether oxygens (including phenoxy) is 2. The Labute approximate surface area is 182 Å². The molecule has 0 atom stereocenters. The van der Waals surface area contributed by atoms with Crippen LogP contribution in [0.2, 0.25) is 0 Å². The Bertz CT molecular complexity index is 1060. The molecule has 0 N–H and O–H groups in total. The molecule has 162 valence electrons. The fourth-order valence-electron chi connectivity index (χ4n) is 3.93. The lowest BCUT2D eigenvalue weighted by Crippen LogP contribution is -2.36. The van der Waals surface area contributed by atoms with E-state index in [-0.39, 0.29) is 5.91 Å². The number of aryl methyl sites for hydroxylation is 3. The number of benzene rings is 1. The van der Waals surface area contributed by atoms with Crippen molar-refractivity contribution in [1.29, 1.82) is 0 Å². The van der Waals surface area contributed by atoms with Crippen molar-refractivity contribution in [2.24, 2.45) is 7.05 Å². The van der Waals surface area contributed by atoms with Crippen molar-refractivity contribution in [2.75, 3.05) is 13.7 Å². The Morgan fingerprint density at radius 3 is 2.74 bits per heavy atom. The van der Waals surface area contributed by atoms with Crippen molar-refractivity contribution in [2.45, 2.75) is 39.3 Å². The Hall–Kier alpha value is -3.35. The number of carbonyl (C=O) groups excluding carboxylic acids is 1. The zero-order valence-corrected chi connectivity index (χ0v) is 18.3. The predicted molar refractivity (Wildman–Crippen MR) is 117 cm³/mol. The van der Waals surface area contributed by atoms with Gasteiger partial charge in [-0.3, -0.25) is 9.48 Å². The Balaban J connectivity index is 1.39. The number of methoxy groups -OCH3 is 1. The summed E-state index contributed by atoms with van der Waals surface area (Å²) in [5, 5.41) is 4.65. The minimum absolute atomic E-state index is 0.164. The van der Waals surface area contributed by atoms with Crippen molar-refractivity contribution >= 4 is 5.91 Å². The number of nitrogens with zero attached hydrogens (tertiary/aromatic N) is 4. The highest BCUT2D eigenvalue weighted by Gasteiger charge is 2.26. The molecule has 0 aliphatic carbocycles. The van der Waals surface area contributed by atoms with E-state index in [1.807, 2.05) is 60.0 Å². The molecule has 0 spiro atoms. The van der Waals surface area contributed by atoms with Gasteiger partial charge in [-0.05, 0) is 42.7 Å². The van der Waals surface area contributed by atoms with Crippen LogP contribution in [0.25, 0.3) is 0 Å². The molecular formula is C24H28N4O3. The molecule has 1 aliphatic heterocycles. The number of rotatable bonds is 7. The SMILES string of the molecule is COc1ccc(CCC(=O)N2CCc3c(c(COc4cc(C)ccn4)nn3C)C2)cc1. The molecule has 3 aromatic rings. The lowest BCUT2D eigenvalue weighted by Gasteiger charge is -2.28. The molecule has 7 nitrogen and oxygen atoms in total. The van der Waals surface area contributed by atoms with Crippen molar-refractivity contribution < 1.29 is 14.3 Å². The van der Waals surface area contributed by atoms with Crippen LogP contribution < -0.4 is 9.47 Å². The highest BCUT2D eigenvalue weighted by Crippen LogP contribution is 2.24. The van der Waals surface area contributed by atoms with Crippen molar-refractivity contribution in [3.63, 3.8) is 0 Å². The fraction of sp³-hybridized carbons (Fsp3) is 0.375. The summed E-state index contributed by atoms with van der Waals surface area (Å²) < 4.78 is 13.0. The molecule has 1 aliphatic rings. The molecule has 1 amide bonds. The smallest absolute Gasteiger partial charge is 0.223 e. The number of aromatic nitrogens is 3. The summed E-state index contributed by atoms with van der Waals surface area (Å²) in [6.45, 7) is 3.64. The average Bonchev–Trinajstić information content (AvgIpc) is 3.11. The minimum atomic E-state index is 0.164. The van der Waals surface area contributed by atoms with Gasteiger partial charge in [-0.1, -0.05) is 12.1 Å². The Morgan fingerprint density at radius 1 is 1.19 bits per heavy atom. The van der Waals surface area contributed by atoms with Crippen LogP contribution in [0.5, 0.6) is 11.6 Å². The van der Waals surface area contributed by atoms with Gasteiger partial charge in [0.05, 0.1) is 7.11 Å². The van der Waals surface area contributed by atoms with E-state index in [2.05, 4.69) is 10.1 Å². The topological polar surface area (TPSA) is 69.5 Å². The van der Waals surface area contributed by atoms with E-state index in [9.17, 15) is 4.79 Å². The van der Waals surface area contributed by atoms with Gasteiger partial charge in [0.2, 0.25) is 11.8 Å². The quantitative estimate of drug-likeness (QED) is 0.587. The van der Waals surface area contributed by atoms with E-state index in [0.29, 0.717) is 38.4 Å². The number of hydrogen-bond acceptors (Lipinski definition) is 5. The first-order valence-corrected chi connectivity index (χ1v) is 10.5. The number of fused-ring (bicyclic) bond motifs is 1. The van der Waals surface area contributed by atoms with Crippen LogP contribution in [0, 0.1) is 6.92 Å². The average molecular weight is 421 g/mol. The second-order valence-electron chi connectivity index (χ2n) is 7.87. The van der Waals surface area contributed by atoms with E-state index < -0.39 is 0 Å². The molecule has 31 heavy (non-hydrogen) atoms. The largest absolute Gasteiger partial charge is 0.497 e. The second kappa shape index (κ2) is 9.20. The summed E-state index contributed by atoms with van der Waals surface area (Å²) in [4.78, 5) is 19.1. The summed E-state index contributed by atoms with van der Waals surface area (Å²) in [6, 6.07) is 11.7. The van der Waals surface area contributed by atoms with Gasteiger partial charge in [-0.15, -0.1) is 0 Å². The van der Waals surface area contributed by atoms with Gasteiger partial charge >= 0.3 is 0 Å². The molecular weight excluding hydrogens is 392 g/mol. The van der Waals surface area contributed by atoms with Gasteiger partial charge in [0.1, 0.15) is 18.1 Å². The maximum atomic E-state index is 12.9. The maximum absolute atomic E-state index is 12.9. The molecule has 0 unspecified atom stereocenters. The standard InChI is InChI=1S/C24H28N4O3/c1-17-10-12-25-23(14-17)31-16-21-20-15-28(13-11-22(20)27(2)26-21)24(29)9-6-18-4-7-19(30-3)8-5-18/h4-5,7-8,10,12,14H,6,9,11,13,15-16H2,1-3H3. The van der Waals surface area contributed by atoms with Gasteiger partial charge in [-0.2, -0.15) is 5.10 Å². The van der Waals surface area contributed by atoms with Gasteiger partial charge in [0.15, 0.2) is 0 Å². The molecule has 3 heterocycles. The van der Waals surface area contributed by atoms with Crippen LogP contribution in [-0.4, -0.2) is 39.2 Å². The molecule has 0 bridgehead atoms. The highest BCUT2D eigenvalue weighted by atomic mass is 16.5. The van der Waals surface area contributed by atoms with Gasteiger partial charge in [-0.25, -0.2) is 4.98 Å². The first-order valence-electron chi connectivity index (χ1n) is 10.5. The molecule has 4 rings (SSSR count). The van der Waals surface area contributed by atoms with E-state index in [1.165, 1.54) is 5.69 Å². The first kappa shape index (κ1) is 20.9. The monoisotopic (exact) mass is 420 g/mol. The van der Waals surface area contributed by atoms with Crippen LogP contribution in [0.1, 0.15) is 34.5 Å². The normalized spacial score (nSPS) is 13.1. The molecule has 7 heteroatoms. The van der Waals surface area contributed by atoms with Crippen molar-refractivity contribution in [3.05, 3.63) is 70.7 Å². The molecule has 0 saturated carbocycles. The molecule has 0 radical (unpaired) electrons. The van der Waals surface area contributed by atoms with Crippen LogP contribution in [0.4, 0.5) is 0 Å². The van der Waals surface area contributed by atoms with E-state index >= 15 is 0 Å².